The van der Waals surface area contributed by atoms with E-state index in [1.807, 2.05) is 0 Å². The van der Waals surface area contributed by atoms with Gasteiger partial charge in [-0.3, -0.25) is 0 Å². The van der Waals surface area contributed by atoms with Gasteiger partial charge in [0.2, 0.25) is 11.0 Å². The monoisotopic (exact) mass is 408 g/mol. The van der Waals surface area contributed by atoms with Crippen LogP contribution in [0.2, 0.25) is 0 Å². The lowest BCUT2D eigenvalue weighted by molar-refractivity contribution is -0.0437. The number of nitrogen functional groups attached to an aromatic ring is 1. The summed E-state index contributed by atoms with van der Waals surface area (Å²) < 4.78 is 81.3. The van der Waals surface area contributed by atoms with Crippen LogP contribution in [0.4, 0.5) is 17.6 Å². The first kappa shape index (κ1) is 18.3. The van der Waals surface area contributed by atoms with Crippen molar-refractivity contribution in [3.05, 3.63) is 42.4 Å². The largest absolute Gasteiger partial charge is 0.501 e. The Kier molecular flexibility index (Phi) is 4.44. The second-order valence-corrected chi connectivity index (χ2v) is 7.71. The van der Waals surface area contributed by atoms with E-state index in [1.54, 1.807) is 6.07 Å². The summed E-state index contributed by atoms with van der Waals surface area (Å²) in [7, 11) is -5.78. The average Bonchev–Trinajstić information content (AvgIpc) is 3.18. The maximum absolute atomic E-state index is 13.4. The minimum absolute atomic E-state index is 0.0693. The van der Waals surface area contributed by atoms with Crippen molar-refractivity contribution in [3.63, 3.8) is 0 Å². The van der Waals surface area contributed by atoms with Gasteiger partial charge in [-0.25, -0.2) is 17.5 Å². The van der Waals surface area contributed by atoms with Crippen molar-refractivity contribution < 1.29 is 30.4 Å². The molecule has 0 saturated carbocycles. The number of furan rings is 1. The van der Waals surface area contributed by atoms with Crippen molar-refractivity contribution in [3.8, 4) is 11.6 Å². The molecule has 2 aromatic heterocycles. The highest BCUT2D eigenvalue weighted by atomic mass is 32.2. The van der Waals surface area contributed by atoms with Crippen molar-refractivity contribution in [2.45, 2.75) is 20.5 Å². The van der Waals surface area contributed by atoms with E-state index in [9.17, 15) is 26.0 Å². The molecule has 2 N–H and O–H groups in total. The van der Waals surface area contributed by atoms with Gasteiger partial charge in [0.25, 0.3) is 9.84 Å². The van der Waals surface area contributed by atoms with E-state index in [1.165, 1.54) is 12.3 Å². The first-order valence-electron chi connectivity index (χ1n) is 6.64. The average molecular weight is 408 g/mol. The molecule has 0 aliphatic heterocycles. The second kappa shape index (κ2) is 6.32. The Balaban J connectivity index is 2.05. The predicted molar refractivity (Wildman–Crippen MR) is 81.6 cm³/mol. The Morgan fingerprint density at radius 1 is 1.19 bits per heavy atom. The minimum Gasteiger partial charge on any atom is -0.461 e. The highest BCUT2D eigenvalue weighted by Gasteiger charge is 2.48. The molecular formula is C13H8F4N4O3S2. The van der Waals surface area contributed by atoms with Crippen LogP contribution in [0, 0.1) is 5.82 Å². The molecule has 0 aliphatic carbocycles. The van der Waals surface area contributed by atoms with E-state index in [0.29, 0.717) is 11.8 Å². The number of hydrogen-bond acceptors (Lipinski definition) is 7. The van der Waals surface area contributed by atoms with Gasteiger partial charge in [0.15, 0.2) is 5.76 Å². The summed E-state index contributed by atoms with van der Waals surface area (Å²) in [6.07, 6.45) is 1.35. The van der Waals surface area contributed by atoms with Gasteiger partial charge in [0.1, 0.15) is 5.82 Å². The topological polar surface area (TPSA) is 104 Å². The van der Waals surface area contributed by atoms with Crippen LogP contribution in [0.15, 0.2) is 56.0 Å². The molecule has 26 heavy (non-hydrogen) atoms. The van der Waals surface area contributed by atoms with Crippen LogP contribution in [0.5, 0.6) is 0 Å². The lowest BCUT2D eigenvalue weighted by atomic mass is 10.3. The maximum atomic E-state index is 13.4. The smallest absolute Gasteiger partial charge is 0.461 e. The standard InChI is InChI=1S/C13H8F4N4O3S2/c14-7-3-4-9(10(6-7)26(22,23)13(15,16)17)25-12-20-19-11(21(12)18)8-2-1-5-24-8/h1-6H,18H2. The SMILES string of the molecule is Nn1c(Sc2ccc(F)cc2S(=O)(=O)C(F)(F)F)nnc1-c1ccco1. The number of rotatable bonds is 4. The van der Waals surface area contributed by atoms with Crippen molar-refractivity contribution in [1.29, 1.82) is 0 Å². The van der Waals surface area contributed by atoms with Gasteiger partial charge < -0.3 is 10.3 Å². The molecule has 13 heteroatoms. The third-order valence-corrected chi connectivity index (χ3v) is 5.80. The number of hydrogen-bond donors (Lipinski definition) is 1. The van der Waals surface area contributed by atoms with Gasteiger partial charge in [-0.05, 0) is 42.1 Å². The Morgan fingerprint density at radius 2 is 1.92 bits per heavy atom. The molecule has 3 aromatic rings. The molecule has 3 rings (SSSR count). The van der Waals surface area contributed by atoms with Crippen LogP contribution in [-0.4, -0.2) is 28.8 Å². The van der Waals surface area contributed by atoms with Crippen LogP contribution in [0.3, 0.4) is 0 Å². The highest BCUT2D eigenvalue weighted by Crippen LogP contribution is 2.38. The Bertz CT molecular complexity index is 1050. The molecule has 1 aromatic carbocycles. The minimum atomic E-state index is -5.78. The van der Waals surface area contributed by atoms with Crippen molar-refractivity contribution in [1.82, 2.24) is 14.9 Å². The summed E-state index contributed by atoms with van der Waals surface area (Å²) >= 11 is 0.487. The van der Waals surface area contributed by atoms with Gasteiger partial charge >= 0.3 is 5.51 Å². The molecule has 0 aliphatic rings. The maximum Gasteiger partial charge on any atom is 0.501 e. The lowest BCUT2D eigenvalue weighted by Crippen LogP contribution is -2.24. The molecule has 0 fully saturated rings. The van der Waals surface area contributed by atoms with Gasteiger partial charge in [-0.2, -0.15) is 13.2 Å². The molecule has 7 nitrogen and oxygen atoms in total. The number of sulfone groups is 1. The quantitative estimate of drug-likeness (QED) is 0.523. The molecule has 138 valence electrons. The first-order chi connectivity index (χ1) is 12.1. The number of nitrogens with two attached hydrogens (primary N) is 1. The Hall–Kier alpha value is -2.54. The molecule has 0 spiro atoms. The summed E-state index contributed by atoms with van der Waals surface area (Å²) in [5.41, 5.74) is -5.59. The summed E-state index contributed by atoms with van der Waals surface area (Å²) in [4.78, 5) is -1.65. The predicted octanol–water partition coefficient (Wildman–Crippen LogP) is 2.84. The number of alkyl halides is 3. The third-order valence-electron chi connectivity index (χ3n) is 3.11. The fourth-order valence-corrected chi connectivity index (χ4v) is 3.98. The second-order valence-electron chi connectivity index (χ2n) is 4.80. The van der Waals surface area contributed by atoms with Crippen LogP contribution >= 0.6 is 11.8 Å². The van der Waals surface area contributed by atoms with Gasteiger partial charge in [-0.1, -0.05) is 0 Å². The Morgan fingerprint density at radius 3 is 2.54 bits per heavy atom. The normalized spacial score (nSPS) is 12.5. The fraction of sp³-hybridized carbons (Fsp3) is 0.0769. The summed E-state index contributed by atoms with van der Waals surface area (Å²) in [5.74, 6) is 4.96. The van der Waals surface area contributed by atoms with E-state index in [0.717, 1.165) is 16.8 Å². The first-order valence-corrected chi connectivity index (χ1v) is 8.94. The van der Waals surface area contributed by atoms with E-state index >= 15 is 0 Å². The molecule has 0 saturated heterocycles. The van der Waals surface area contributed by atoms with Crippen molar-refractivity contribution >= 4 is 21.6 Å². The summed E-state index contributed by atoms with van der Waals surface area (Å²) in [5, 5.41) is 7.31. The van der Waals surface area contributed by atoms with E-state index in [-0.39, 0.29) is 22.8 Å². The van der Waals surface area contributed by atoms with Gasteiger partial charge in [0.05, 0.1) is 11.2 Å². The molecule has 0 amide bonds. The fourth-order valence-electron chi connectivity index (χ4n) is 1.92. The van der Waals surface area contributed by atoms with Crippen molar-refractivity contribution in [2.75, 3.05) is 5.84 Å². The molecule has 2 heterocycles. The number of halogens is 4. The van der Waals surface area contributed by atoms with Crippen molar-refractivity contribution in [2.24, 2.45) is 0 Å². The molecule has 0 unspecified atom stereocenters. The zero-order valence-corrected chi connectivity index (χ0v) is 14.1. The molecule has 0 radical (unpaired) electrons. The van der Waals surface area contributed by atoms with Gasteiger partial charge in [0, 0.05) is 4.90 Å². The molecule has 0 atom stereocenters. The van der Waals surface area contributed by atoms with Crippen LogP contribution in [-0.2, 0) is 9.84 Å². The van der Waals surface area contributed by atoms with Crippen LogP contribution < -0.4 is 5.84 Å². The Labute approximate surface area is 147 Å². The number of benzene rings is 1. The van der Waals surface area contributed by atoms with Crippen LogP contribution in [0.25, 0.3) is 11.6 Å². The van der Waals surface area contributed by atoms with Gasteiger partial charge in [-0.15, -0.1) is 10.2 Å². The lowest BCUT2D eigenvalue weighted by Gasteiger charge is -2.12. The molecular weight excluding hydrogens is 400 g/mol. The molecule has 0 bridgehead atoms. The van der Waals surface area contributed by atoms with E-state index < -0.39 is 31.0 Å². The number of aromatic nitrogens is 3. The summed E-state index contributed by atoms with van der Waals surface area (Å²) in [6.45, 7) is 0. The van der Waals surface area contributed by atoms with E-state index in [4.69, 9.17) is 10.3 Å². The van der Waals surface area contributed by atoms with E-state index in [2.05, 4.69) is 10.2 Å². The zero-order chi connectivity index (χ0) is 19.1. The zero-order valence-electron chi connectivity index (χ0n) is 12.4. The number of nitrogens with zero attached hydrogens (tertiary/aromatic N) is 3. The highest BCUT2D eigenvalue weighted by molar-refractivity contribution is 8.00. The third kappa shape index (κ3) is 3.14. The summed E-state index contributed by atoms with van der Waals surface area (Å²) in [6, 6.07) is 5.09. The van der Waals surface area contributed by atoms with Crippen LogP contribution in [0.1, 0.15) is 0 Å².